The van der Waals surface area contributed by atoms with Crippen LogP contribution in [0.25, 0.3) is 43.1 Å². The lowest BCUT2D eigenvalue weighted by Crippen LogP contribution is -2.21. The predicted molar refractivity (Wildman–Crippen MR) is 187 cm³/mol. The van der Waals surface area contributed by atoms with E-state index in [0.717, 1.165) is 94.5 Å². The minimum atomic E-state index is -0.176. The largest absolute Gasteiger partial charge is 0.459 e. The van der Waals surface area contributed by atoms with Crippen LogP contribution in [0.3, 0.4) is 0 Å². The third kappa shape index (κ3) is 6.35. The van der Waals surface area contributed by atoms with Crippen molar-refractivity contribution in [2.24, 2.45) is 0 Å². The quantitative estimate of drug-likeness (QED) is 0.148. The van der Waals surface area contributed by atoms with Gasteiger partial charge in [0.1, 0.15) is 12.2 Å². The van der Waals surface area contributed by atoms with E-state index in [-0.39, 0.29) is 24.1 Å². The SMILES string of the molecule is O=C(OC1CCCCC1)c1c2ccccc2cc2ccccc12.O=C(OC1CCCCC1)c1c2ccccc2cc2ccccc12. The zero-order valence-corrected chi connectivity index (χ0v) is 26.3. The Hall–Kier alpha value is -4.70. The molecule has 232 valence electrons. The number of ether oxygens (including phenoxy) is 2. The number of carbonyl (C=O) groups is 2. The molecule has 0 radical (unpaired) electrons. The number of rotatable bonds is 4. The van der Waals surface area contributed by atoms with Crippen molar-refractivity contribution in [1.29, 1.82) is 0 Å². The second-order valence-corrected chi connectivity index (χ2v) is 12.7. The van der Waals surface area contributed by atoms with Crippen molar-refractivity contribution in [1.82, 2.24) is 0 Å². The molecule has 2 saturated carbocycles. The lowest BCUT2D eigenvalue weighted by molar-refractivity contribution is 0.0206. The molecule has 0 spiro atoms. The van der Waals surface area contributed by atoms with Gasteiger partial charge < -0.3 is 9.47 Å². The van der Waals surface area contributed by atoms with Gasteiger partial charge >= 0.3 is 11.9 Å². The van der Waals surface area contributed by atoms with Gasteiger partial charge in [0.2, 0.25) is 0 Å². The predicted octanol–water partition coefficient (Wildman–Crippen LogP) is 11.0. The van der Waals surface area contributed by atoms with Gasteiger partial charge in [-0.1, -0.05) is 110 Å². The van der Waals surface area contributed by atoms with Gasteiger partial charge in [-0.25, -0.2) is 9.59 Å². The van der Waals surface area contributed by atoms with Gasteiger partial charge in [-0.3, -0.25) is 0 Å². The van der Waals surface area contributed by atoms with E-state index in [9.17, 15) is 9.59 Å². The molecule has 46 heavy (non-hydrogen) atoms. The van der Waals surface area contributed by atoms with E-state index in [4.69, 9.17) is 9.47 Å². The Bertz CT molecular complexity index is 1760. The summed E-state index contributed by atoms with van der Waals surface area (Å²) in [5, 5.41) is 8.25. The van der Waals surface area contributed by atoms with Crippen LogP contribution in [0.2, 0.25) is 0 Å². The summed E-state index contributed by atoms with van der Waals surface area (Å²) >= 11 is 0. The van der Waals surface area contributed by atoms with Crippen molar-refractivity contribution < 1.29 is 19.1 Å². The van der Waals surface area contributed by atoms with Crippen LogP contribution in [0, 0.1) is 0 Å². The molecule has 2 fully saturated rings. The van der Waals surface area contributed by atoms with Gasteiger partial charge in [0.15, 0.2) is 0 Å². The van der Waals surface area contributed by atoms with E-state index < -0.39 is 0 Å². The molecule has 2 aliphatic rings. The van der Waals surface area contributed by atoms with Gasteiger partial charge in [0, 0.05) is 0 Å². The first kappa shape index (κ1) is 30.0. The van der Waals surface area contributed by atoms with Crippen LogP contribution >= 0.6 is 0 Å². The molecule has 0 saturated heterocycles. The van der Waals surface area contributed by atoms with Crippen LogP contribution in [0.15, 0.2) is 109 Å². The lowest BCUT2D eigenvalue weighted by Gasteiger charge is -2.22. The molecular formula is C42H40O4. The Morgan fingerprint density at radius 2 is 0.696 bits per heavy atom. The van der Waals surface area contributed by atoms with Gasteiger partial charge in [-0.2, -0.15) is 0 Å². The maximum atomic E-state index is 12.9. The minimum absolute atomic E-state index is 0.0778. The highest BCUT2D eigenvalue weighted by molar-refractivity contribution is 6.17. The topological polar surface area (TPSA) is 52.6 Å². The number of benzene rings is 6. The molecule has 0 bridgehead atoms. The summed E-state index contributed by atoms with van der Waals surface area (Å²) in [7, 11) is 0. The number of hydrogen-bond donors (Lipinski definition) is 0. The van der Waals surface area contributed by atoms with E-state index in [0.29, 0.717) is 11.1 Å². The maximum Gasteiger partial charge on any atom is 0.339 e. The molecule has 6 aromatic carbocycles. The second kappa shape index (κ2) is 13.7. The first-order chi connectivity index (χ1) is 22.7. The highest BCUT2D eigenvalue weighted by Crippen LogP contribution is 2.32. The molecular weight excluding hydrogens is 568 g/mol. The molecule has 8 rings (SSSR count). The number of carbonyl (C=O) groups excluding carboxylic acids is 2. The van der Waals surface area contributed by atoms with Crippen LogP contribution in [0.5, 0.6) is 0 Å². The average Bonchev–Trinajstić information content (AvgIpc) is 3.10. The monoisotopic (exact) mass is 608 g/mol. The van der Waals surface area contributed by atoms with E-state index in [1.54, 1.807) is 0 Å². The Morgan fingerprint density at radius 1 is 0.413 bits per heavy atom. The Labute approximate surface area is 270 Å². The summed E-state index contributed by atoms with van der Waals surface area (Å²) in [4.78, 5) is 25.8. The third-order valence-electron chi connectivity index (χ3n) is 9.60. The van der Waals surface area contributed by atoms with Gasteiger partial charge in [0.25, 0.3) is 0 Å². The van der Waals surface area contributed by atoms with Crippen LogP contribution in [0.1, 0.15) is 84.9 Å². The molecule has 0 N–H and O–H groups in total. The molecule has 0 heterocycles. The van der Waals surface area contributed by atoms with Gasteiger partial charge in [-0.05, 0) is 107 Å². The van der Waals surface area contributed by atoms with Gasteiger partial charge in [0.05, 0.1) is 11.1 Å². The van der Waals surface area contributed by atoms with Crippen LogP contribution in [0.4, 0.5) is 0 Å². The van der Waals surface area contributed by atoms with E-state index in [1.807, 2.05) is 72.8 Å². The number of fused-ring (bicyclic) bond motifs is 4. The van der Waals surface area contributed by atoms with Crippen molar-refractivity contribution >= 4 is 55.0 Å². The summed E-state index contributed by atoms with van der Waals surface area (Å²) in [5.74, 6) is -0.352. The lowest BCUT2D eigenvalue weighted by atomic mass is 9.96. The fraction of sp³-hybridized carbons (Fsp3) is 0.286. The van der Waals surface area contributed by atoms with Crippen molar-refractivity contribution in [3.05, 3.63) is 120 Å². The highest BCUT2D eigenvalue weighted by atomic mass is 16.5. The Morgan fingerprint density at radius 3 is 1.00 bits per heavy atom. The molecule has 0 amide bonds. The fourth-order valence-corrected chi connectivity index (χ4v) is 7.25. The zero-order chi connectivity index (χ0) is 31.3. The smallest absolute Gasteiger partial charge is 0.339 e. The summed E-state index contributed by atoms with van der Waals surface area (Å²) in [6.07, 6.45) is 11.3. The highest BCUT2D eigenvalue weighted by Gasteiger charge is 2.23. The Balaban J connectivity index is 0.000000147. The summed E-state index contributed by atoms with van der Waals surface area (Å²) < 4.78 is 11.7. The molecule has 4 heteroatoms. The first-order valence-electron chi connectivity index (χ1n) is 16.9. The standard InChI is InChI=1S/2C21H20O2/c2*22-21(23-17-10-2-1-3-11-17)20-18-12-6-4-8-15(18)14-16-9-5-7-13-19(16)20/h2*4-9,12-14,17H,1-3,10-11H2. The van der Waals surface area contributed by atoms with Crippen LogP contribution in [-0.2, 0) is 9.47 Å². The molecule has 0 aromatic heterocycles. The van der Waals surface area contributed by atoms with Crippen molar-refractivity contribution in [3.8, 4) is 0 Å². The molecule has 0 aliphatic heterocycles. The van der Waals surface area contributed by atoms with Crippen molar-refractivity contribution in [2.75, 3.05) is 0 Å². The van der Waals surface area contributed by atoms with Crippen molar-refractivity contribution in [3.63, 3.8) is 0 Å². The van der Waals surface area contributed by atoms with E-state index in [1.165, 1.54) is 12.8 Å². The van der Waals surface area contributed by atoms with Gasteiger partial charge in [-0.15, -0.1) is 0 Å². The molecule has 2 aliphatic carbocycles. The van der Waals surface area contributed by atoms with E-state index >= 15 is 0 Å². The van der Waals surface area contributed by atoms with Crippen molar-refractivity contribution in [2.45, 2.75) is 76.4 Å². The number of esters is 2. The summed E-state index contributed by atoms with van der Waals surface area (Å²) in [6, 6.07) is 36.5. The number of hydrogen-bond acceptors (Lipinski definition) is 4. The second-order valence-electron chi connectivity index (χ2n) is 12.7. The summed E-state index contributed by atoms with van der Waals surface area (Å²) in [5.41, 5.74) is 1.42. The minimum Gasteiger partial charge on any atom is -0.459 e. The maximum absolute atomic E-state index is 12.9. The molecule has 4 nitrogen and oxygen atoms in total. The molecule has 6 aromatic rings. The Kier molecular flexibility index (Phi) is 8.96. The van der Waals surface area contributed by atoms with E-state index in [2.05, 4.69) is 36.4 Å². The average molecular weight is 609 g/mol. The zero-order valence-electron chi connectivity index (χ0n) is 26.3. The normalized spacial score (nSPS) is 15.8. The first-order valence-corrected chi connectivity index (χ1v) is 16.9. The summed E-state index contributed by atoms with van der Waals surface area (Å²) in [6.45, 7) is 0. The molecule has 0 unspecified atom stereocenters. The van der Waals surface area contributed by atoms with Crippen LogP contribution < -0.4 is 0 Å². The van der Waals surface area contributed by atoms with Crippen LogP contribution in [-0.4, -0.2) is 24.1 Å². The third-order valence-corrected chi connectivity index (χ3v) is 9.60. The fourth-order valence-electron chi connectivity index (χ4n) is 7.25. The molecule has 0 atom stereocenters.